The molecule has 2 aromatic rings. The molecule has 0 aromatic heterocycles. The first-order valence-corrected chi connectivity index (χ1v) is 10.1. The smallest absolute Gasteiger partial charge is 0.264 e. The zero-order valence-corrected chi connectivity index (χ0v) is 16.5. The fourth-order valence-electron chi connectivity index (χ4n) is 2.85. The second kappa shape index (κ2) is 8.36. The van der Waals surface area contributed by atoms with Crippen molar-refractivity contribution in [3.05, 3.63) is 60.2 Å². The Morgan fingerprint density at radius 2 is 1.69 bits per heavy atom. The molecule has 140 valence electrons. The first-order valence-electron chi connectivity index (χ1n) is 8.70. The lowest BCUT2D eigenvalue weighted by Crippen LogP contribution is -2.32. The van der Waals surface area contributed by atoms with Crippen LogP contribution in [0.25, 0.3) is 0 Å². The molecule has 0 fully saturated rings. The van der Waals surface area contributed by atoms with E-state index in [0.29, 0.717) is 30.3 Å². The maximum absolute atomic E-state index is 13.1. The molecule has 1 amide bonds. The van der Waals surface area contributed by atoms with Gasteiger partial charge < -0.3 is 4.90 Å². The minimum atomic E-state index is -3.75. The van der Waals surface area contributed by atoms with Crippen LogP contribution < -0.4 is 4.31 Å². The minimum absolute atomic E-state index is 0.118. The standard InChI is InChI=1S/C20H26N2O3S/c1-5-22(18-11-7-6-8-12-18)26(24,25)19-13-9-10-17(14-19)20(23)21(4)15-16(2)3/h6-14,16H,5,15H2,1-4H3. The number of rotatable bonds is 7. The highest BCUT2D eigenvalue weighted by Crippen LogP contribution is 2.24. The van der Waals surface area contributed by atoms with Crippen molar-refractivity contribution >= 4 is 21.6 Å². The highest BCUT2D eigenvalue weighted by molar-refractivity contribution is 7.92. The number of carbonyl (C=O) groups excluding carboxylic acids is 1. The van der Waals surface area contributed by atoms with Gasteiger partial charge in [0, 0.05) is 25.7 Å². The van der Waals surface area contributed by atoms with E-state index in [1.807, 2.05) is 19.9 Å². The Balaban J connectivity index is 2.37. The highest BCUT2D eigenvalue weighted by atomic mass is 32.2. The van der Waals surface area contributed by atoms with Gasteiger partial charge in [-0.2, -0.15) is 0 Å². The van der Waals surface area contributed by atoms with E-state index >= 15 is 0 Å². The molecule has 2 aromatic carbocycles. The summed E-state index contributed by atoms with van der Waals surface area (Å²) in [5.41, 5.74) is 0.974. The van der Waals surface area contributed by atoms with E-state index in [2.05, 4.69) is 0 Å². The Kier molecular flexibility index (Phi) is 6.42. The van der Waals surface area contributed by atoms with Gasteiger partial charge in [-0.15, -0.1) is 0 Å². The minimum Gasteiger partial charge on any atom is -0.341 e. The van der Waals surface area contributed by atoms with E-state index in [9.17, 15) is 13.2 Å². The van der Waals surface area contributed by atoms with Gasteiger partial charge in [0.05, 0.1) is 10.6 Å². The zero-order valence-electron chi connectivity index (χ0n) is 15.7. The van der Waals surface area contributed by atoms with Crippen LogP contribution in [-0.2, 0) is 10.0 Å². The average Bonchev–Trinajstić information content (AvgIpc) is 2.62. The number of sulfonamides is 1. The van der Waals surface area contributed by atoms with Gasteiger partial charge in [-0.1, -0.05) is 38.1 Å². The molecular formula is C20H26N2O3S. The number of benzene rings is 2. The second-order valence-electron chi connectivity index (χ2n) is 6.61. The first kappa shape index (κ1) is 20.0. The zero-order chi connectivity index (χ0) is 19.3. The number of para-hydroxylation sites is 1. The monoisotopic (exact) mass is 374 g/mol. The summed E-state index contributed by atoms with van der Waals surface area (Å²) in [7, 11) is -2.02. The first-order chi connectivity index (χ1) is 12.3. The van der Waals surface area contributed by atoms with Gasteiger partial charge in [-0.25, -0.2) is 8.42 Å². The van der Waals surface area contributed by atoms with Crippen molar-refractivity contribution < 1.29 is 13.2 Å². The van der Waals surface area contributed by atoms with Crippen molar-refractivity contribution in [2.75, 3.05) is 24.4 Å². The third-order valence-electron chi connectivity index (χ3n) is 3.99. The SMILES string of the molecule is CCN(c1ccccc1)S(=O)(=O)c1cccc(C(=O)N(C)CC(C)C)c1. The molecule has 0 N–H and O–H groups in total. The summed E-state index contributed by atoms with van der Waals surface area (Å²) in [4.78, 5) is 14.3. The molecule has 0 saturated heterocycles. The Hall–Kier alpha value is -2.34. The van der Waals surface area contributed by atoms with Crippen LogP contribution in [-0.4, -0.2) is 39.4 Å². The number of nitrogens with zero attached hydrogens (tertiary/aromatic N) is 2. The number of hydrogen-bond acceptors (Lipinski definition) is 3. The van der Waals surface area contributed by atoms with Crippen molar-refractivity contribution in [2.45, 2.75) is 25.7 Å². The summed E-state index contributed by atoms with van der Waals surface area (Å²) in [6, 6.07) is 15.2. The van der Waals surface area contributed by atoms with E-state index in [1.165, 1.54) is 16.4 Å². The largest absolute Gasteiger partial charge is 0.341 e. The van der Waals surface area contributed by atoms with Gasteiger partial charge in [0.25, 0.3) is 15.9 Å². The summed E-state index contributed by atoms with van der Waals surface area (Å²) in [6.45, 7) is 6.77. The topological polar surface area (TPSA) is 57.7 Å². The Morgan fingerprint density at radius 3 is 2.27 bits per heavy atom. The molecule has 0 aliphatic rings. The molecule has 0 unspecified atom stereocenters. The molecule has 0 heterocycles. The van der Waals surface area contributed by atoms with Crippen molar-refractivity contribution in [2.24, 2.45) is 5.92 Å². The molecular weight excluding hydrogens is 348 g/mol. The summed E-state index contributed by atoms with van der Waals surface area (Å²) in [5, 5.41) is 0. The van der Waals surface area contributed by atoms with E-state index in [1.54, 1.807) is 55.3 Å². The van der Waals surface area contributed by atoms with E-state index in [-0.39, 0.29) is 10.8 Å². The van der Waals surface area contributed by atoms with Gasteiger partial charge in [0.15, 0.2) is 0 Å². The molecule has 26 heavy (non-hydrogen) atoms. The van der Waals surface area contributed by atoms with Gasteiger partial charge in [0.2, 0.25) is 0 Å². The molecule has 5 nitrogen and oxygen atoms in total. The van der Waals surface area contributed by atoms with Crippen LogP contribution in [0.3, 0.4) is 0 Å². The molecule has 6 heteroatoms. The van der Waals surface area contributed by atoms with E-state index in [4.69, 9.17) is 0 Å². The van der Waals surface area contributed by atoms with Gasteiger partial charge in [-0.05, 0) is 43.2 Å². The van der Waals surface area contributed by atoms with Crippen LogP contribution in [0.4, 0.5) is 5.69 Å². The normalized spacial score (nSPS) is 11.4. The Morgan fingerprint density at radius 1 is 1.04 bits per heavy atom. The van der Waals surface area contributed by atoms with Crippen molar-refractivity contribution in [1.82, 2.24) is 4.90 Å². The van der Waals surface area contributed by atoms with Crippen molar-refractivity contribution in [1.29, 1.82) is 0 Å². The van der Waals surface area contributed by atoms with Crippen LogP contribution in [0.15, 0.2) is 59.5 Å². The van der Waals surface area contributed by atoms with Crippen molar-refractivity contribution in [3.8, 4) is 0 Å². The fourth-order valence-corrected chi connectivity index (χ4v) is 4.37. The summed E-state index contributed by atoms with van der Waals surface area (Å²) >= 11 is 0. The summed E-state index contributed by atoms with van der Waals surface area (Å²) in [6.07, 6.45) is 0. The lowest BCUT2D eigenvalue weighted by molar-refractivity contribution is 0.0779. The van der Waals surface area contributed by atoms with E-state index < -0.39 is 10.0 Å². The van der Waals surface area contributed by atoms with Crippen molar-refractivity contribution in [3.63, 3.8) is 0 Å². The molecule has 0 spiro atoms. The average molecular weight is 375 g/mol. The van der Waals surface area contributed by atoms with Gasteiger partial charge >= 0.3 is 0 Å². The Bertz CT molecular complexity index is 848. The second-order valence-corrected chi connectivity index (χ2v) is 8.48. The van der Waals surface area contributed by atoms with Crippen LogP contribution >= 0.6 is 0 Å². The predicted octanol–water partition coefficient (Wildman–Crippen LogP) is 3.63. The molecule has 0 saturated carbocycles. The van der Waals surface area contributed by atoms with Crippen LogP contribution in [0.1, 0.15) is 31.1 Å². The lowest BCUT2D eigenvalue weighted by Gasteiger charge is -2.23. The lowest BCUT2D eigenvalue weighted by atomic mass is 10.1. The van der Waals surface area contributed by atoms with Gasteiger partial charge in [0.1, 0.15) is 0 Å². The predicted molar refractivity (Wildman–Crippen MR) is 105 cm³/mol. The molecule has 0 atom stereocenters. The Labute approximate surface area is 156 Å². The summed E-state index contributed by atoms with van der Waals surface area (Å²) in [5.74, 6) is 0.156. The molecule has 0 radical (unpaired) electrons. The third kappa shape index (κ3) is 4.43. The van der Waals surface area contributed by atoms with Crippen LogP contribution in [0.5, 0.6) is 0 Å². The highest BCUT2D eigenvalue weighted by Gasteiger charge is 2.25. The number of amides is 1. The number of anilines is 1. The maximum Gasteiger partial charge on any atom is 0.264 e. The molecule has 2 rings (SSSR count). The van der Waals surface area contributed by atoms with E-state index in [0.717, 1.165) is 0 Å². The quantitative estimate of drug-likeness (QED) is 0.744. The fraction of sp³-hybridized carbons (Fsp3) is 0.350. The third-order valence-corrected chi connectivity index (χ3v) is 5.89. The number of hydrogen-bond donors (Lipinski definition) is 0. The molecule has 0 bridgehead atoms. The van der Waals surface area contributed by atoms with Gasteiger partial charge in [-0.3, -0.25) is 9.10 Å². The summed E-state index contributed by atoms with van der Waals surface area (Å²) < 4.78 is 27.5. The van der Waals surface area contributed by atoms with Crippen LogP contribution in [0.2, 0.25) is 0 Å². The molecule has 0 aliphatic carbocycles. The molecule has 0 aliphatic heterocycles. The van der Waals surface area contributed by atoms with Crippen LogP contribution in [0, 0.1) is 5.92 Å². The number of carbonyl (C=O) groups is 1. The maximum atomic E-state index is 13.1.